The second kappa shape index (κ2) is 3.25. The van der Waals surface area contributed by atoms with Gasteiger partial charge in [-0.05, 0) is 18.6 Å². The predicted octanol–water partition coefficient (Wildman–Crippen LogP) is 2.42. The summed E-state index contributed by atoms with van der Waals surface area (Å²) in [7, 11) is 0. The van der Waals surface area contributed by atoms with Crippen molar-refractivity contribution in [2.24, 2.45) is 0 Å². The molecule has 0 N–H and O–H groups in total. The number of ether oxygens (including phenoxy) is 1. The minimum atomic E-state index is 0.794. The summed E-state index contributed by atoms with van der Waals surface area (Å²) in [5.74, 6) is 0.943. The van der Waals surface area contributed by atoms with Gasteiger partial charge in [-0.2, -0.15) is 0 Å². The van der Waals surface area contributed by atoms with Crippen LogP contribution in [-0.4, -0.2) is 6.61 Å². The standard InChI is InChI=1S/C9H12O/c1-3-4-5-9-8(2)6-7-10-9/h3-5H,2,6-7H2,1H3/b4-3-,9-5+. The van der Waals surface area contributed by atoms with Gasteiger partial charge in [0, 0.05) is 6.42 Å². The van der Waals surface area contributed by atoms with E-state index < -0.39 is 0 Å². The molecule has 0 aliphatic carbocycles. The van der Waals surface area contributed by atoms with Gasteiger partial charge in [-0.3, -0.25) is 0 Å². The van der Waals surface area contributed by atoms with Crippen molar-refractivity contribution in [1.82, 2.24) is 0 Å². The quantitative estimate of drug-likeness (QED) is 0.538. The van der Waals surface area contributed by atoms with Crippen LogP contribution in [0.1, 0.15) is 13.3 Å². The molecule has 0 atom stereocenters. The van der Waals surface area contributed by atoms with E-state index in [1.807, 2.05) is 25.2 Å². The fourth-order valence-corrected chi connectivity index (χ4v) is 0.859. The molecule has 1 aliphatic rings. The maximum absolute atomic E-state index is 5.28. The van der Waals surface area contributed by atoms with Crippen molar-refractivity contribution in [3.05, 3.63) is 36.1 Å². The largest absolute Gasteiger partial charge is 0.493 e. The Hall–Kier alpha value is -0.980. The number of hydrogen-bond donors (Lipinski definition) is 0. The van der Waals surface area contributed by atoms with E-state index in [1.54, 1.807) is 0 Å². The molecule has 1 heteroatoms. The van der Waals surface area contributed by atoms with E-state index in [9.17, 15) is 0 Å². The van der Waals surface area contributed by atoms with E-state index in [1.165, 1.54) is 0 Å². The van der Waals surface area contributed by atoms with Gasteiger partial charge in [0.15, 0.2) is 0 Å². The zero-order chi connectivity index (χ0) is 7.40. The average Bonchev–Trinajstić information content (AvgIpc) is 2.31. The van der Waals surface area contributed by atoms with E-state index in [4.69, 9.17) is 4.74 Å². The first-order valence-corrected chi connectivity index (χ1v) is 3.48. The molecule has 0 aromatic heterocycles. The lowest BCUT2D eigenvalue weighted by atomic mass is 10.2. The smallest absolute Gasteiger partial charge is 0.122 e. The lowest BCUT2D eigenvalue weighted by Crippen LogP contribution is -1.77. The van der Waals surface area contributed by atoms with Gasteiger partial charge in [0.25, 0.3) is 0 Å². The third kappa shape index (κ3) is 1.50. The van der Waals surface area contributed by atoms with Gasteiger partial charge < -0.3 is 4.74 Å². The van der Waals surface area contributed by atoms with Gasteiger partial charge in [0.2, 0.25) is 0 Å². The first-order valence-electron chi connectivity index (χ1n) is 3.48. The first-order chi connectivity index (χ1) is 4.84. The molecule has 0 amide bonds. The Bertz CT molecular complexity index is 187. The third-order valence-corrected chi connectivity index (χ3v) is 1.45. The molecule has 0 unspecified atom stereocenters. The molecule has 54 valence electrons. The summed E-state index contributed by atoms with van der Waals surface area (Å²) < 4.78 is 5.28. The Morgan fingerprint density at radius 3 is 2.90 bits per heavy atom. The minimum Gasteiger partial charge on any atom is -0.493 e. The molecule has 1 nitrogen and oxygen atoms in total. The molecule has 0 aromatic carbocycles. The molecular weight excluding hydrogens is 124 g/mol. The molecule has 0 radical (unpaired) electrons. The lowest BCUT2D eigenvalue weighted by Gasteiger charge is -1.94. The van der Waals surface area contributed by atoms with E-state index in [2.05, 4.69) is 6.58 Å². The van der Waals surface area contributed by atoms with Crippen molar-refractivity contribution in [2.45, 2.75) is 13.3 Å². The maximum Gasteiger partial charge on any atom is 0.122 e. The Morgan fingerprint density at radius 1 is 1.60 bits per heavy atom. The fraction of sp³-hybridized carbons (Fsp3) is 0.333. The van der Waals surface area contributed by atoms with Crippen molar-refractivity contribution >= 4 is 0 Å². The molecule has 0 bridgehead atoms. The van der Waals surface area contributed by atoms with Crippen LogP contribution in [0, 0.1) is 0 Å². The second-order valence-electron chi connectivity index (χ2n) is 2.26. The number of rotatable bonds is 1. The molecule has 1 rings (SSSR count). The van der Waals surface area contributed by atoms with E-state index in [0.717, 1.165) is 24.4 Å². The number of allylic oxidation sites excluding steroid dienone is 4. The highest BCUT2D eigenvalue weighted by Crippen LogP contribution is 2.21. The summed E-state index contributed by atoms with van der Waals surface area (Å²) >= 11 is 0. The SMILES string of the molecule is C=C1CCO/C1=C/C=C\C. The predicted molar refractivity (Wildman–Crippen MR) is 42.6 cm³/mol. The average molecular weight is 136 g/mol. The highest BCUT2D eigenvalue weighted by Gasteiger charge is 2.10. The van der Waals surface area contributed by atoms with Crippen LogP contribution in [-0.2, 0) is 4.74 Å². The number of hydrogen-bond acceptors (Lipinski definition) is 1. The first kappa shape index (κ1) is 7.13. The van der Waals surface area contributed by atoms with Gasteiger partial charge in [0.1, 0.15) is 5.76 Å². The third-order valence-electron chi connectivity index (χ3n) is 1.45. The Morgan fingerprint density at radius 2 is 2.40 bits per heavy atom. The lowest BCUT2D eigenvalue weighted by molar-refractivity contribution is 0.266. The van der Waals surface area contributed by atoms with E-state index >= 15 is 0 Å². The second-order valence-corrected chi connectivity index (χ2v) is 2.26. The summed E-state index contributed by atoms with van der Waals surface area (Å²) in [5.41, 5.74) is 1.11. The van der Waals surface area contributed by atoms with E-state index in [-0.39, 0.29) is 0 Å². The van der Waals surface area contributed by atoms with Crippen LogP contribution in [0.2, 0.25) is 0 Å². The zero-order valence-electron chi connectivity index (χ0n) is 6.26. The molecular formula is C9H12O. The Labute approximate surface area is 61.7 Å². The fourth-order valence-electron chi connectivity index (χ4n) is 0.859. The van der Waals surface area contributed by atoms with Crippen LogP contribution in [0.5, 0.6) is 0 Å². The van der Waals surface area contributed by atoms with Crippen molar-refractivity contribution in [3.8, 4) is 0 Å². The summed E-state index contributed by atoms with van der Waals surface area (Å²) in [6.45, 7) is 6.64. The summed E-state index contributed by atoms with van der Waals surface area (Å²) in [6, 6.07) is 0. The molecule has 1 fully saturated rings. The summed E-state index contributed by atoms with van der Waals surface area (Å²) in [6.07, 6.45) is 6.87. The van der Waals surface area contributed by atoms with Crippen molar-refractivity contribution in [3.63, 3.8) is 0 Å². The monoisotopic (exact) mass is 136 g/mol. The van der Waals surface area contributed by atoms with Gasteiger partial charge in [-0.15, -0.1) is 0 Å². The van der Waals surface area contributed by atoms with Crippen molar-refractivity contribution < 1.29 is 4.74 Å². The van der Waals surface area contributed by atoms with Gasteiger partial charge in [-0.1, -0.05) is 18.7 Å². The molecule has 1 aliphatic heterocycles. The normalized spacial score (nSPS) is 22.5. The molecule has 1 saturated heterocycles. The summed E-state index contributed by atoms with van der Waals surface area (Å²) in [5, 5.41) is 0. The van der Waals surface area contributed by atoms with Crippen LogP contribution < -0.4 is 0 Å². The Kier molecular flexibility index (Phi) is 2.32. The zero-order valence-corrected chi connectivity index (χ0v) is 6.26. The van der Waals surface area contributed by atoms with Gasteiger partial charge >= 0.3 is 0 Å². The molecule has 10 heavy (non-hydrogen) atoms. The molecule has 0 spiro atoms. The minimum absolute atomic E-state index is 0.794. The van der Waals surface area contributed by atoms with Crippen molar-refractivity contribution in [2.75, 3.05) is 6.61 Å². The van der Waals surface area contributed by atoms with Crippen LogP contribution in [0.3, 0.4) is 0 Å². The van der Waals surface area contributed by atoms with Crippen LogP contribution >= 0.6 is 0 Å². The van der Waals surface area contributed by atoms with E-state index in [0.29, 0.717) is 0 Å². The topological polar surface area (TPSA) is 9.23 Å². The highest BCUT2D eigenvalue weighted by atomic mass is 16.5. The molecule has 1 heterocycles. The Balaban J connectivity index is 2.62. The summed E-state index contributed by atoms with van der Waals surface area (Å²) in [4.78, 5) is 0. The highest BCUT2D eigenvalue weighted by molar-refractivity contribution is 5.29. The maximum atomic E-state index is 5.28. The molecule has 0 aromatic rings. The van der Waals surface area contributed by atoms with Crippen molar-refractivity contribution in [1.29, 1.82) is 0 Å². The van der Waals surface area contributed by atoms with Crippen LogP contribution in [0.4, 0.5) is 0 Å². The van der Waals surface area contributed by atoms with Gasteiger partial charge in [0.05, 0.1) is 6.61 Å². The van der Waals surface area contributed by atoms with Crippen LogP contribution in [0.25, 0.3) is 0 Å². The molecule has 0 saturated carbocycles. The van der Waals surface area contributed by atoms with Crippen LogP contribution in [0.15, 0.2) is 36.1 Å². The van der Waals surface area contributed by atoms with Gasteiger partial charge in [-0.25, -0.2) is 0 Å².